The monoisotopic (exact) mass is 303 g/mol. The Labute approximate surface area is 115 Å². The van der Waals surface area contributed by atoms with E-state index in [1.54, 1.807) is 12.4 Å². The molecule has 18 heavy (non-hydrogen) atoms. The summed E-state index contributed by atoms with van der Waals surface area (Å²) in [6.45, 7) is 2.10. The Kier molecular flexibility index (Phi) is 4.26. The van der Waals surface area contributed by atoms with Crippen molar-refractivity contribution in [2.45, 2.75) is 19.8 Å². The molecule has 0 fully saturated rings. The number of hydrogen-bond donors (Lipinski definition) is 0. The number of aryl methyl sites for hydroxylation is 1. The van der Waals surface area contributed by atoms with E-state index in [4.69, 9.17) is 0 Å². The van der Waals surface area contributed by atoms with E-state index in [2.05, 4.69) is 27.8 Å². The van der Waals surface area contributed by atoms with Gasteiger partial charge in [0.2, 0.25) is 0 Å². The number of hydrogen-bond acceptors (Lipinski definition) is 2. The first-order chi connectivity index (χ1) is 8.69. The summed E-state index contributed by atoms with van der Waals surface area (Å²) in [5, 5.41) is 0. The molecule has 2 rings (SSSR count). The summed E-state index contributed by atoms with van der Waals surface area (Å²) >= 11 is 3.35. The van der Waals surface area contributed by atoms with Crippen molar-refractivity contribution in [3.8, 4) is 0 Å². The standard InChI is InChI=1S/C15H14BrNO/c1-2-11-3-5-13(6-4-11)15(18)8-12-7-14(16)10-17-9-12/h3-7,9-10H,2,8H2,1H3. The zero-order valence-electron chi connectivity index (χ0n) is 10.2. The van der Waals surface area contributed by atoms with Gasteiger partial charge in [-0.2, -0.15) is 0 Å². The molecule has 2 aromatic rings. The molecule has 3 heteroatoms. The molecule has 0 atom stereocenters. The van der Waals surface area contributed by atoms with Gasteiger partial charge >= 0.3 is 0 Å². The van der Waals surface area contributed by atoms with Crippen LogP contribution in [0.25, 0.3) is 0 Å². The first kappa shape index (κ1) is 13.0. The predicted octanol–water partition coefficient (Wildman–Crippen LogP) is 3.83. The summed E-state index contributed by atoms with van der Waals surface area (Å²) in [4.78, 5) is 16.1. The molecule has 0 spiro atoms. The lowest BCUT2D eigenvalue weighted by Gasteiger charge is -2.03. The highest BCUT2D eigenvalue weighted by atomic mass is 79.9. The van der Waals surface area contributed by atoms with Gasteiger partial charge in [-0.1, -0.05) is 31.2 Å². The normalized spacial score (nSPS) is 10.3. The second-order valence-corrected chi connectivity index (χ2v) is 5.08. The first-order valence-corrected chi connectivity index (χ1v) is 6.70. The molecule has 0 amide bonds. The van der Waals surface area contributed by atoms with Crippen LogP contribution in [-0.4, -0.2) is 10.8 Å². The molecule has 0 aliphatic rings. The van der Waals surface area contributed by atoms with Crippen LogP contribution in [-0.2, 0) is 12.8 Å². The summed E-state index contributed by atoms with van der Waals surface area (Å²) in [5.74, 6) is 0.123. The Bertz CT molecular complexity index is 549. The highest BCUT2D eigenvalue weighted by Gasteiger charge is 2.07. The summed E-state index contributed by atoms with van der Waals surface area (Å²) in [6, 6.07) is 9.73. The molecule has 0 aliphatic heterocycles. The van der Waals surface area contributed by atoms with Crippen molar-refractivity contribution < 1.29 is 4.79 Å². The van der Waals surface area contributed by atoms with Crippen molar-refractivity contribution in [1.29, 1.82) is 0 Å². The summed E-state index contributed by atoms with van der Waals surface area (Å²) in [6.07, 6.45) is 4.81. The molecule has 0 radical (unpaired) electrons. The minimum atomic E-state index is 0.123. The quantitative estimate of drug-likeness (QED) is 0.804. The van der Waals surface area contributed by atoms with E-state index in [1.165, 1.54) is 5.56 Å². The lowest BCUT2D eigenvalue weighted by molar-refractivity contribution is 0.0993. The molecule has 0 saturated carbocycles. The average Bonchev–Trinajstić information content (AvgIpc) is 2.39. The lowest BCUT2D eigenvalue weighted by atomic mass is 10.0. The van der Waals surface area contributed by atoms with Crippen molar-refractivity contribution in [2.75, 3.05) is 0 Å². The lowest BCUT2D eigenvalue weighted by Crippen LogP contribution is -2.04. The van der Waals surface area contributed by atoms with Crippen LogP contribution in [0.15, 0.2) is 47.2 Å². The highest BCUT2D eigenvalue weighted by Crippen LogP contribution is 2.13. The molecule has 0 saturated heterocycles. The molecule has 92 valence electrons. The fraction of sp³-hybridized carbons (Fsp3) is 0.200. The van der Waals surface area contributed by atoms with Gasteiger partial charge < -0.3 is 0 Å². The van der Waals surface area contributed by atoms with E-state index in [0.29, 0.717) is 6.42 Å². The Balaban J connectivity index is 2.11. The number of nitrogens with zero attached hydrogens (tertiary/aromatic N) is 1. The largest absolute Gasteiger partial charge is 0.294 e. The maximum absolute atomic E-state index is 12.1. The SMILES string of the molecule is CCc1ccc(C(=O)Cc2cncc(Br)c2)cc1. The number of aromatic nitrogens is 1. The summed E-state index contributed by atoms with van der Waals surface area (Å²) < 4.78 is 0.897. The third kappa shape index (κ3) is 3.26. The number of ketones is 1. The molecular formula is C15H14BrNO. The van der Waals surface area contributed by atoms with Crippen LogP contribution >= 0.6 is 15.9 Å². The molecule has 1 aromatic heterocycles. The van der Waals surface area contributed by atoms with Crippen molar-refractivity contribution in [3.05, 3.63) is 63.9 Å². The van der Waals surface area contributed by atoms with Gasteiger partial charge in [0.25, 0.3) is 0 Å². The highest BCUT2D eigenvalue weighted by molar-refractivity contribution is 9.10. The fourth-order valence-corrected chi connectivity index (χ4v) is 2.18. The number of rotatable bonds is 4. The Morgan fingerprint density at radius 2 is 1.89 bits per heavy atom. The van der Waals surface area contributed by atoms with Crippen LogP contribution in [0, 0.1) is 0 Å². The Hall–Kier alpha value is -1.48. The molecule has 2 nitrogen and oxygen atoms in total. The zero-order valence-corrected chi connectivity index (χ0v) is 11.8. The Morgan fingerprint density at radius 1 is 1.17 bits per heavy atom. The molecule has 1 aromatic carbocycles. The first-order valence-electron chi connectivity index (χ1n) is 5.90. The number of carbonyl (C=O) groups excluding carboxylic acids is 1. The molecule has 0 unspecified atom stereocenters. The number of pyridine rings is 1. The van der Waals surface area contributed by atoms with Gasteiger partial charge in [0, 0.05) is 28.9 Å². The van der Waals surface area contributed by atoms with Crippen LogP contribution < -0.4 is 0 Å². The van der Waals surface area contributed by atoms with Crippen LogP contribution in [0.1, 0.15) is 28.4 Å². The topological polar surface area (TPSA) is 30.0 Å². The maximum atomic E-state index is 12.1. The fourth-order valence-electron chi connectivity index (χ4n) is 1.77. The zero-order chi connectivity index (χ0) is 13.0. The van der Waals surface area contributed by atoms with Crippen LogP contribution in [0.2, 0.25) is 0 Å². The predicted molar refractivity (Wildman–Crippen MR) is 75.8 cm³/mol. The van der Waals surface area contributed by atoms with Gasteiger partial charge in [0.05, 0.1) is 0 Å². The van der Waals surface area contributed by atoms with Crippen LogP contribution in [0.3, 0.4) is 0 Å². The second kappa shape index (κ2) is 5.91. The Morgan fingerprint density at radius 3 is 2.50 bits per heavy atom. The number of halogens is 1. The van der Waals surface area contributed by atoms with E-state index >= 15 is 0 Å². The van der Waals surface area contributed by atoms with Gasteiger partial charge in [0.1, 0.15) is 0 Å². The van der Waals surface area contributed by atoms with Crippen molar-refractivity contribution >= 4 is 21.7 Å². The van der Waals surface area contributed by atoms with Crippen LogP contribution in [0.4, 0.5) is 0 Å². The summed E-state index contributed by atoms with van der Waals surface area (Å²) in [5.41, 5.74) is 2.93. The number of Topliss-reactive ketones (excluding diaryl/α,β-unsaturated/α-hetero) is 1. The van der Waals surface area contributed by atoms with E-state index in [1.807, 2.05) is 30.3 Å². The van der Waals surface area contributed by atoms with Crippen LogP contribution in [0.5, 0.6) is 0 Å². The third-order valence-corrected chi connectivity index (χ3v) is 3.24. The molecule has 1 heterocycles. The molecular weight excluding hydrogens is 290 g/mol. The number of carbonyl (C=O) groups is 1. The minimum Gasteiger partial charge on any atom is -0.294 e. The molecule has 0 N–H and O–H groups in total. The van der Waals surface area contributed by atoms with E-state index in [-0.39, 0.29) is 5.78 Å². The van der Waals surface area contributed by atoms with Crippen molar-refractivity contribution in [1.82, 2.24) is 4.98 Å². The molecule has 0 aliphatic carbocycles. The number of benzene rings is 1. The van der Waals surface area contributed by atoms with Gasteiger partial charge in [-0.15, -0.1) is 0 Å². The van der Waals surface area contributed by atoms with Gasteiger partial charge in [-0.05, 0) is 39.5 Å². The second-order valence-electron chi connectivity index (χ2n) is 4.16. The average molecular weight is 304 g/mol. The minimum absolute atomic E-state index is 0.123. The maximum Gasteiger partial charge on any atom is 0.167 e. The van der Waals surface area contributed by atoms with Crippen molar-refractivity contribution in [2.24, 2.45) is 0 Å². The van der Waals surface area contributed by atoms with E-state index in [0.717, 1.165) is 22.0 Å². The third-order valence-electron chi connectivity index (χ3n) is 2.81. The summed E-state index contributed by atoms with van der Waals surface area (Å²) in [7, 11) is 0. The van der Waals surface area contributed by atoms with E-state index < -0.39 is 0 Å². The van der Waals surface area contributed by atoms with Gasteiger partial charge in [-0.25, -0.2) is 0 Å². The smallest absolute Gasteiger partial charge is 0.167 e. The van der Waals surface area contributed by atoms with Gasteiger partial charge in [0.15, 0.2) is 5.78 Å². The van der Waals surface area contributed by atoms with Gasteiger partial charge in [-0.3, -0.25) is 9.78 Å². The molecule has 0 bridgehead atoms. The van der Waals surface area contributed by atoms with E-state index in [9.17, 15) is 4.79 Å². The van der Waals surface area contributed by atoms with Crippen molar-refractivity contribution in [3.63, 3.8) is 0 Å².